The Bertz CT molecular complexity index is 707. The maximum absolute atomic E-state index is 11.9. The van der Waals surface area contributed by atoms with Crippen molar-refractivity contribution in [2.75, 3.05) is 6.26 Å². The molecule has 0 aliphatic heterocycles. The fraction of sp³-hybridized carbons (Fsp3) is 0.214. The van der Waals surface area contributed by atoms with Crippen LogP contribution in [0.3, 0.4) is 0 Å². The van der Waals surface area contributed by atoms with Crippen molar-refractivity contribution in [1.82, 2.24) is 5.32 Å². The van der Waals surface area contributed by atoms with Gasteiger partial charge in [0.25, 0.3) is 0 Å². The zero-order valence-electron chi connectivity index (χ0n) is 11.4. The number of nitrogens with one attached hydrogen (secondary N) is 1. The Morgan fingerprint density at radius 3 is 2.48 bits per heavy atom. The predicted molar refractivity (Wildman–Crippen MR) is 82.6 cm³/mol. The van der Waals surface area contributed by atoms with Crippen LogP contribution in [0.2, 0.25) is 0 Å². The number of hydrogen-bond donors (Lipinski definition) is 2. The first-order valence-electron chi connectivity index (χ1n) is 6.23. The van der Waals surface area contributed by atoms with Crippen molar-refractivity contribution < 1.29 is 13.2 Å². The van der Waals surface area contributed by atoms with Gasteiger partial charge in [-0.15, -0.1) is 11.3 Å². The molecule has 0 bridgehead atoms. The van der Waals surface area contributed by atoms with Crippen LogP contribution in [0, 0.1) is 0 Å². The number of rotatable bonds is 5. The highest BCUT2D eigenvalue weighted by atomic mass is 32.2. The van der Waals surface area contributed by atoms with Crippen LogP contribution in [0.15, 0.2) is 46.7 Å². The second-order valence-corrected chi connectivity index (χ2v) is 7.62. The molecule has 1 aromatic carbocycles. The van der Waals surface area contributed by atoms with E-state index in [-0.39, 0.29) is 10.8 Å². The molecule has 0 fully saturated rings. The Kier molecular flexibility index (Phi) is 4.76. The van der Waals surface area contributed by atoms with Crippen molar-refractivity contribution in [3.05, 3.63) is 52.2 Å². The first kappa shape index (κ1) is 15.7. The molecule has 0 radical (unpaired) electrons. The van der Waals surface area contributed by atoms with Crippen molar-refractivity contribution >= 4 is 27.1 Å². The van der Waals surface area contributed by atoms with Crippen LogP contribution in [0.1, 0.15) is 16.5 Å². The summed E-state index contributed by atoms with van der Waals surface area (Å²) in [5, 5.41) is 4.61. The molecule has 0 spiro atoms. The molecule has 1 heterocycles. The van der Waals surface area contributed by atoms with Gasteiger partial charge < -0.3 is 11.1 Å². The maximum Gasteiger partial charge on any atom is 0.242 e. The van der Waals surface area contributed by atoms with Crippen molar-refractivity contribution in [2.24, 2.45) is 5.73 Å². The molecule has 1 amide bonds. The summed E-state index contributed by atoms with van der Waals surface area (Å²) >= 11 is 1.43. The van der Waals surface area contributed by atoms with Crippen LogP contribution >= 0.6 is 11.3 Å². The van der Waals surface area contributed by atoms with Gasteiger partial charge >= 0.3 is 0 Å². The molecular weight excluding hydrogens is 308 g/mol. The number of carbonyl (C=O) groups is 1. The molecule has 1 atom stereocenters. The van der Waals surface area contributed by atoms with Crippen molar-refractivity contribution in [3.63, 3.8) is 0 Å². The Morgan fingerprint density at radius 1 is 1.29 bits per heavy atom. The maximum atomic E-state index is 11.9. The minimum atomic E-state index is -3.20. The van der Waals surface area contributed by atoms with Crippen molar-refractivity contribution in [2.45, 2.75) is 17.5 Å². The van der Waals surface area contributed by atoms with E-state index in [1.165, 1.54) is 23.5 Å². The summed E-state index contributed by atoms with van der Waals surface area (Å²) in [4.78, 5) is 13.0. The molecule has 0 aliphatic carbocycles. The van der Waals surface area contributed by atoms with Crippen LogP contribution in [0.5, 0.6) is 0 Å². The van der Waals surface area contributed by atoms with Gasteiger partial charge in [-0.25, -0.2) is 8.42 Å². The third-order valence-electron chi connectivity index (χ3n) is 2.95. The van der Waals surface area contributed by atoms with Crippen molar-refractivity contribution in [1.29, 1.82) is 0 Å². The highest BCUT2D eigenvalue weighted by Crippen LogP contribution is 2.17. The Hall–Kier alpha value is -1.70. The van der Waals surface area contributed by atoms with Gasteiger partial charge in [0.15, 0.2) is 9.84 Å². The van der Waals surface area contributed by atoms with E-state index in [4.69, 9.17) is 5.73 Å². The lowest BCUT2D eigenvalue weighted by Crippen LogP contribution is -2.33. The fourth-order valence-corrected chi connectivity index (χ4v) is 3.11. The van der Waals surface area contributed by atoms with Gasteiger partial charge in [0, 0.05) is 17.7 Å². The third kappa shape index (κ3) is 4.13. The Labute approximate surface area is 127 Å². The zero-order chi connectivity index (χ0) is 15.5. The minimum Gasteiger partial charge on any atom is -0.350 e. The van der Waals surface area contributed by atoms with E-state index in [9.17, 15) is 13.2 Å². The minimum absolute atomic E-state index is 0.257. The van der Waals surface area contributed by atoms with E-state index in [0.717, 1.165) is 16.7 Å². The summed E-state index contributed by atoms with van der Waals surface area (Å²) in [6.07, 6.45) is 1.16. The van der Waals surface area contributed by atoms with E-state index in [1.54, 1.807) is 12.1 Å². The van der Waals surface area contributed by atoms with Crippen LogP contribution in [0.4, 0.5) is 0 Å². The van der Waals surface area contributed by atoms with Crippen LogP contribution in [-0.2, 0) is 21.2 Å². The lowest BCUT2D eigenvalue weighted by atomic mass is 10.2. The fourth-order valence-electron chi connectivity index (χ4n) is 1.75. The van der Waals surface area contributed by atoms with Gasteiger partial charge in [0.05, 0.1) is 4.90 Å². The molecule has 2 rings (SSSR count). The van der Waals surface area contributed by atoms with E-state index >= 15 is 0 Å². The molecule has 1 aromatic heterocycles. The number of carbonyl (C=O) groups excluding carboxylic acids is 1. The second-order valence-electron chi connectivity index (χ2n) is 4.63. The second kappa shape index (κ2) is 6.38. The summed E-state index contributed by atoms with van der Waals surface area (Å²) in [5.74, 6) is -0.260. The molecule has 1 unspecified atom stereocenters. The highest BCUT2D eigenvalue weighted by Gasteiger charge is 2.16. The van der Waals surface area contributed by atoms with Crippen molar-refractivity contribution in [3.8, 4) is 0 Å². The molecule has 0 aliphatic rings. The lowest BCUT2D eigenvalue weighted by Gasteiger charge is -2.11. The molecule has 2 aromatic rings. The van der Waals surface area contributed by atoms with Crippen LogP contribution in [0.25, 0.3) is 0 Å². The van der Waals surface area contributed by atoms with Gasteiger partial charge in [0.2, 0.25) is 5.91 Å². The smallest absolute Gasteiger partial charge is 0.242 e. The van der Waals surface area contributed by atoms with Gasteiger partial charge in [-0.05, 0) is 29.1 Å². The summed E-state index contributed by atoms with van der Waals surface area (Å²) < 4.78 is 22.7. The normalized spacial score (nSPS) is 12.9. The Morgan fingerprint density at radius 2 is 1.95 bits per heavy atom. The monoisotopic (exact) mass is 324 g/mol. The van der Waals surface area contributed by atoms with Gasteiger partial charge in [-0.1, -0.05) is 18.2 Å². The number of hydrogen-bond acceptors (Lipinski definition) is 5. The summed E-state index contributed by atoms with van der Waals surface area (Å²) in [6.45, 7) is 0.307. The summed E-state index contributed by atoms with van der Waals surface area (Å²) in [5.41, 5.74) is 6.66. The molecule has 7 heteroatoms. The number of amides is 1. The number of thiophene rings is 1. The summed E-state index contributed by atoms with van der Waals surface area (Å²) in [6, 6.07) is 9.37. The van der Waals surface area contributed by atoms with E-state index in [1.807, 2.05) is 17.5 Å². The van der Waals surface area contributed by atoms with Crippen LogP contribution < -0.4 is 11.1 Å². The van der Waals surface area contributed by atoms with Gasteiger partial charge in [-0.3, -0.25) is 4.79 Å². The molecule has 0 saturated heterocycles. The first-order valence-corrected chi connectivity index (χ1v) is 9.01. The highest BCUT2D eigenvalue weighted by molar-refractivity contribution is 7.90. The first-order chi connectivity index (χ1) is 9.88. The Balaban J connectivity index is 1.95. The standard InChI is InChI=1S/C14H16N2O3S2/c1-21(18,19)11-6-4-10(5-7-11)9-16-14(17)13(15)12-3-2-8-20-12/h2-8,13H,9,15H2,1H3,(H,16,17). The topological polar surface area (TPSA) is 89.3 Å². The molecular formula is C14H16N2O3S2. The van der Waals surface area contributed by atoms with Crippen LogP contribution in [-0.4, -0.2) is 20.6 Å². The predicted octanol–water partition coefficient (Wildman–Crippen LogP) is 1.47. The lowest BCUT2D eigenvalue weighted by molar-refractivity contribution is -0.122. The molecule has 5 nitrogen and oxygen atoms in total. The van der Waals surface area contributed by atoms with E-state index in [2.05, 4.69) is 5.32 Å². The van der Waals surface area contributed by atoms with E-state index < -0.39 is 15.9 Å². The zero-order valence-corrected chi connectivity index (χ0v) is 13.1. The number of nitrogens with two attached hydrogens (primary N) is 1. The number of benzene rings is 1. The largest absolute Gasteiger partial charge is 0.350 e. The third-order valence-corrected chi connectivity index (χ3v) is 5.03. The SMILES string of the molecule is CS(=O)(=O)c1ccc(CNC(=O)C(N)c2cccs2)cc1. The number of sulfone groups is 1. The molecule has 3 N–H and O–H groups in total. The van der Waals surface area contributed by atoms with Gasteiger partial charge in [0.1, 0.15) is 6.04 Å². The average molecular weight is 324 g/mol. The molecule has 21 heavy (non-hydrogen) atoms. The average Bonchev–Trinajstić information content (AvgIpc) is 2.97. The quantitative estimate of drug-likeness (QED) is 0.871. The molecule has 112 valence electrons. The molecule has 0 saturated carbocycles. The summed E-state index contributed by atoms with van der Waals surface area (Å²) in [7, 11) is -3.20. The van der Waals surface area contributed by atoms with Gasteiger partial charge in [-0.2, -0.15) is 0 Å². The van der Waals surface area contributed by atoms with E-state index in [0.29, 0.717) is 6.54 Å².